The Bertz CT molecular complexity index is 938. The maximum atomic E-state index is 12.6. The second-order valence-corrected chi connectivity index (χ2v) is 7.53. The van der Waals surface area contributed by atoms with E-state index in [9.17, 15) is 4.79 Å². The molecule has 0 unspecified atom stereocenters. The molecule has 0 aliphatic carbocycles. The Morgan fingerprint density at radius 1 is 1.26 bits per heavy atom. The minimum absolute atomic E-state index is 0.181. The van der Waals surface area contributed by atoms with Gasteiger partial charge in [0.2, 0.25) is 5.82 Å². The molecule has 1 saturated heterocycles. The lowest BCUT2D eigenvalue weighted by atomic mass is 10.2. The van der Waals surface area contributed by atoms with Gasteiger partial charge in [-0.15, -0.1) is 0 Å². The van der Waals surface area contributed by atoms with Gasteiger partial charge in [0.15, 0.2) is 5.65 Å². The van der Waals surface area contributed by atoms with E-state index in [2.05, 4.69) is 30.3 Å². The Morgan fingerprint density at radius 2 is 2.11 bits per heavy atom. The normalized spacial score (nSPS) is 14.5. The van der Waals surface area contributed by atoms with Crippen LogP contribution in [0, 0.1) is 0 Å². The second-order valence-electron chi connectivity index (χ2n) is 6.30. The maximum absolute atomic E-state index is 12.6. The molecule has 1 N–H and O–H groups in total. The molecular formula is C18H21N7OS. The predicted octanol–water partition coefficient (Wildman–Crippen LogP) is 1.28. The number of hydrogen-bond donors (Lipinski definition) is 1. The molecule has 0 atom stereocenters. The summed E-state index contributed by atoms with van der Waals surface area (Å²) in [6.45, 7) is 2.30. The van der Waals surface area contributed by atoms with Crippen LogP contribution in [0.2, 0.25) is 0 Å². The van der Waals surface area contributed by atoms with Crippen LogP contribution in [0.4, 0.5) is 5.82 Å². The first-order chi connectivity index (χ1) is 13.2. The Morgan fingerprint density at radius 3 is 2.89 bits per heavy atom. The first kappa shape index (κ1) is 17.7. The van der Waals surface area contributed by atoms with Crippen LogP contribution in [0.15, 0.2) is 30.6 Å². The number of fused-ring (bicyclic) bond motifs is 1. The highest BCUT2D eigenvalue weighted by Gasteiger charge is 2.21. The number of nitrogens with one attached hydrogen (secondary N) is 1. The number of nitrogens with zero attached hydrogens (tertiary/aromatic N) is 6. The molecule has 4 rings (SSSR count). The summed E-state index contributed by atoms with van der Waals surface area (Å²) >= 11 is 1.93. The molecule has 9 heteroatoms. The molecule has 8 nitrogen and oxygen atoms in total. The van der Waals surface area contributed by atoms with Crippen molar-refractivity contribution in [2.75, 3.05) is 36.0 Å². The van der Waals surface area contributed by atoms with E-state index in [1.165, 1.54) is 0 Å². The number of thioether (sulfide) groups is 1. The van der Waals surface area contributed by atoms with Crippen molar-refractivity contribution in [1.82, 2.24) is 30.0 Å². The predicted molar refractivity (Wildman–Crippen MR) is 106 cm³/mol. The van der Waals surface area contributed by atoms with E-state index in [4.69, 9.17) is 0 Å². The molecule has 1 amide bonds. The SMILES string of the molecule is Cn1ncc2c(N3CCSCC3)nc(C(=O)NCCc3ccccn3)nc21. The van der Waals surface area contributed by atoms with Crippen molar-refractivity contribution in [2.24, 2.45) is 7.05 Å². The average Bonchev–Trinajstić information content (AvgIpc) is 3.09. The lowest BCUT2D eigenvalue weighted by Gasteiger charge is -2.27. The largest absolute Gasteiger partial charge is 0.354 e. The summed E-state index contributed by atoms with van der Waals surface area (Å²) in [5.41, 5.74) is 1.61. The summed E-state index contributed by atoms with van der Waals surface area (Å²) in [6, 6.07) is 5.75. The number of hydrogen-bond acceptors (Lipinski definition) is 7. The zero-order valence-corrected chi connectivity index (χ0v) is 15.9. The van der Waals surface area contributed by atoms with Crippen LogP contribution in [0.25, 0.3) is 11.0 Å². The summed E-state index contributed by atoms with van der Waals surface area (Å²) in [7, 11) is 1.83. The molecule has 1 aliphatic heterocycles. The molecule has 0 radical (unpaired) electrons. The fraction of sp³-hybridized carbons (Fsp3) is 0.389. The van der Waals surface area contributed by atoms with Crippen molar-refractivity contribution in [3.8, 4) is 0 Å². The molecule has 140 valence electrons. The summed E-state index contributed by atoms with van der Waals surface area (Å²) in [5, 5.41) is 8.08. The van der Waals surface area contributed by atoms with Crippen LogP contribution in [-0.2, 0) is 13.5 Å². The van der Waals surface area contributed by atoms with Gasteiger partial charge in [0.1, 0.15) is 5.82 Å². The highest BCUT2D eigenvalue weighted by molar-refractivity contribution is 7.99. The third-order valence-electron chi connectivity index (χ3n) is 4.48. The van der Waals surface area contributed by atoms with Crippen molar-refractivity contribution >= 4 is 34.5 Å². The minimum atomic E-state index is -0.276. The number of carbonyl (C=O) groups excluding carboxylic acids is 1. The summed E-state index contributed by atoms with van der Waals surface area (Å²) in [4.78, 5) is 28.2. The number of rotatable bonds is 5. The lowest BCUT2D eigenvalue weighted by molar-refractivity contribution is 0.0944. The van der Waals surface area contributed by atoms with Gasteiger partial charge in [-0.3, -0.25) is 14.5 Å². The van der Waals surface area contributed by atoms with Gasteiger partial charge in [0.25, 0.3) is 5.91 Å². The third-order valence-corrected chi connectivity index (χ3v) is 5.42. The molecule has 27 heavy (non-hydrogen) atoms. The Kier molecular flexibility index (Phi) is 5.19. The highest BCUT2D eigenvalue weighted by atomic mass is 32.2. The highest BCUT2D eigenvalue weighted by Crippen LogP contribution is 2.25. The van der Waals surface area contributed by atoms with Crippen LogP contribution in [0.1, 0.15) is 16.3 Å². The quantitative estimate of drug-likeness (QED) is 0.710. The summed E-state index contributed by atoms with van der Waals surface area (Å²) in [6.07, 6.45) is 4.19. The van der Waals surface area contributed by atoms with E-state index in [1.807, 2.05) is 37.0 Å². The number of amides is 1. The van der Waals surface area contributed by atoms with Crippen LogP contribution >= 0.6 is 11.8 Å². The standard InChI is InChI=1S/C18H21N7OS/c1-24-16-14(12-21-24)17(25-8-10-27-11-9-25)23-15(22-16)18(26)20-7-5-13-4-2-3-6-19-13/h2-4,6,12H,5,7-11H2,1H3,(H,20,26). The van der Waals surface area contributed by atoms with Gasteiger partial charge in [-0.2, -0.15) is 16.9 Å². The second kappa shape index (κ2) is 7.91. The van der Waals surface area contributed by atoms with E-state index < -0.39 is 0 Å². The summed E-state index contributed by atoms with van der Waals surface area (Å²) < 4.78 is 1.68. The van der Waals surface area contributed by atoms with E-state index in [1.54, 1.807) is 17.1 Å². The molecular weight excluding hydrogens is 362 g/mol. The van der Waals surface area contributed by atoms with Crippen LogP contribution in [0.5, 0.6) is 0 Å². The third kappa shape index (κ3) is 3.87. The number of pyridine rings is 1. The molecule has 0 saturated carbocycles. The molecule has 1 fully saturated rings. The maximum Gasteiger partial charge on any atom is 0.289 e. The lowest BCUT2D eigenvalue weighted by Crippen LogP contribution is -2.34. The molecule has 3 aromatic rings. The number of aryl methyl sites for hydroxylation is 1. The molecule has 3 aromatic heterocycles. The average molecular weight is 383 g/mol. The van der Waals surface area contributed by atoms with Gasteiger partial charge in [-0.05, 0) is 12.1 Å². The van der Waals surface area contributed by atoms with Gasteiger partial charge >= 0.3 is 0 Å². The van der Waals surface area contributed by atoms with Crippen LogP contribution < -0.4 is 10.2 Å². The fourth-order valence-electron chi connectivity index (χ4n) is 3.05. The van der Waals surface area contributed by atoms with Gasteiger partial charge < -0.3 is 10.2 Å². The fourth-order valence-corrected chi connectivity index (χ4v) is 3.96. The molecule has 4 heterocycles. The first-order valence-electron chi connectivity index (χ1n) is 8.93. The Balaban J connectivity index is 1.55. The smallest absolute Gasteiger partial charge is 0.289 e. The Hall–Kier alpha value is -2.68. The molecule has 0 aromatic carbocycles. The van der Waals surface area contributed by atoms with Crippen LogP contribution in [-0.4, -0.2) is 61.8 Å². The van der Waals surface area contributed by atoms with Gasteiger partial charge in [-0.25, -0.2) is 9.97 Å². The molecule has 0 bridgehead atoms. The van der Waals surface area contributed by atoms with Crippen molar-refractivity contribution in [2.45, 2.75) is 6.42 Å². The van der Waals surface area contributed by atoms with Gasteiger partial charge in [-0.1, -0.05) is 6.07 Å². The van der Waals surface area contributed by atoms with E-state index in [0.29, 0.717) is 18.6 Å². The number of anilines is 1. The van der Waals surface area contributed by atoms with E-state index >= 15 is 0 Å². The van der Waals surface area contributed by atoms with Crippen molar-refractivity contribution in [1.29, 1.82) is 0 Å². The topological polar surface area (TPSA) is 88.8 Å². The summed E-state index contributed by atoms with van der Waals surface area (Å²) in [5.74, 6) is 2.81. The zero-order valence-electron chi connectivity index (χ0n) is 15.1. The molecule has 1 aliphatic rings. The number of carbonyl (C=O) groups is 1. The zero-order chi connectivity index (χ0) is 18.6. The minimum Gasteiger partial charge on any atom is -0.354 e. The van der Waals surface area contributed by atoms with Crippen molar-refractivity contribution < 1.29 is 4.79 Å². The van der Waals surface area contributed by atoms with Gasteiger partial charge in [0, 0.05) is 56.5 Å². The number of aromatic nitrogens is 5. The monoisotopic (exact) mass is 383 g/mol. The first-order valence-corrected chi connectivity index (χ1v) is 10.1. The Labute approximate surface area is 161 Å². The van der Waals surface area contributed by atoms with Crippen molar-refractivity contribution in [3.05, 3.63) is 42.1 Å². The van der Waals surface area contributed by atoms with E-state index in [-0.39, 0.29) is 11.7 Å². The van der Waals surface area contributed by atoms with Crippen LogP contribution in [0.3, 0.4) is 0 Å². The van der Waals surface area contributed by atoms with Gasteiger partial charge in [0.05, 0.1) is 11.6 Å². The van der Waals surface area contributed by atoms with E-state index in [0.717, 1.165) is 41.5 Å². The van der Waals surface area contributed by atoms with Crippen molar-refractivity contribution in [3.63, 3.8) is 0 Å². The molecule has 0 spiro atoms.